The van der Waals surface area contributed by atoms with E-state index in [1.807, 2.05) is 6.07 Å². The summed E-state index contributed by atoms with van der Waals surface area (Å²) >= 11 is 11.8. The quantitative estimate of drug-likeness (QED) is 0.879. The fourth-order valence-corrected chi connectivity index (χ4v) is 2.24. The molecule has 4 nitrogen and oxygen atoms in total. The molecule has 6 heteroatoms. The largest absolute Gasteiger partial charge is 0.493 e. The second-order valence-corrected chi connectivity index (χ2v) is 4.75. The minimum absolute atomic E-state index is 0.0330. The van der Waals surface area contributed by atoms with Gasteiger partial charge in [-0.3, -0.25) is 4.79 Å². The van der Waals surface area contributed by atoms with Crippen LogP contribution in [0.15, 0.2) is 29.1 Å². The molecule has 2 aromatic rings. The van der Waals surface area contributed by atoms with Crippen LogP contribution >= 0.6 is 23.2 Å². The van der Waals surface area contributed by atoms with Crippen LogP contribution in [0, 0.1) is 18.3 Å². The monoisotopic (exact) mass is 294 g/mol. The van der Waals surface area contributed by atoms with Gasteiger partial charge in [0.15, 0.2) is 0 Å². The van der Waals surface area contributed by atoms with E-state index in [0.29, 0.717) is 10.6 Å². The summed E-state index contributed by atoms with van der Waals surface area (Å²) in [5.41, 5.74) is 0.236. The first-order valence-corrected chi connectivity index (χ1v) is 6.02. The van der Waals surface area contributed by atoms with E-state index in [-0.39, 0.29) is 16.3 Å². The van der Waals surface area contributed by atoms with Crippen molar-refractivity contribution in [1.82, 2.24) is 4.57 Å². The predicted molar refractivity (Wildman–Crippen MR) is 73.2 cm³/mol. The second-order valence-electron chi connectivity index (χ2n) is 3.91. The first kappa shape index (κ1) is 13.5. The highest BCUT2D eigenvalue weighted by atomic mass is 35.5. The van der Waals surface area contributed by atoms with Crippen LogP contribution in [0.5, 0.6) is 5.88 Å². The van der Waals surface area contributed by atoms with Crippen molar-refractivity contribution in [2.75, 3.05) is 0 Å². The molecule has 0 radical (unpaired) electrons. The minimum Gasteiger partial charge on any atom is -0.493 e. The number of aromatic hydroxyl groups is 1. The van der Waals surface area contributed by atoms with Gasteiger partial charge in [-0.2, -0.15) is 5.26 Å². The van der Waals surface area contributed by atoms with Gasteiger partial charge in [0.05, 0.1) is 10.7 Å². The van der Waals surface area contributed by atoms with E-state index in [4.69, 9.17) is 28.5 Å². The number of aryl methyl sites for hydroxylation is 1. The van der Waals surface area contributed by atoms with Crippen LogP contribution < -0.4 is 5.56 Å². The molecule has 0 aliphatic carbocycles. The van der Waals surface area contributed by atoms with E-state index < -0.39 is 11.4 Å². The van der Waals surface area contributed by atoms with E-state index in [0.717, 1.165) is 4.57 Å². The zero-order valence-electron chi connectivity index (χ0n) is 9.82. The number of hydrogen-bond donors (Lipinski definition) is 1. The van der Waals surface area contributed by atoms with Crippen molar-refractivity contribution in [2.24, 2.45) is 0 Å². The molecule has 0 amide bonds. The zero-order valence-corrected chi connectivity index (χ0v) is 11.3. The number of pyridine rings is 1. The summed E-state index contributed by atoms with van der Waals surface area (Å²) in [6.45, 7) is 1.58. The molecule has 1 aromatic carbocycles. The summed E-state index contributed by atoms with van der Waals surface area (Å²) in [5.74, 6) is -0.434. The van der Waals surface area contributed by atoms with Gasteiger partial charge in [0.25, 0.3) is 5.56 Å². The molecular weight excluding hydrogens is 287 g/mol. The van der Waals surface area contributed by atoms with Crippen LogP contribution in [0.2, 0.25) is 10.0 Å². The summed E-state index contributed by atoms with van der Waals surface area (Å²) < 4.78 is 0.976. The summed E-state index contributed by atoms with van der Waals surface area (Å²) in [4.78, 5) is 12.0. The Morgan fingerprint density at radius 1 is 1.32 bits per heavy atom. The van der Waals surface area contributed by atoms with Crippen molar-refractivity contribution in [3.63, 3.8) is 0 Å². The van der Waals surface area contributed by atoms with Crippen LogP contribution in [0.4, 0.5) is 0 Å². The maximum absolute atomic E-state index is 12.0. The molecule has 2 rings (SSSR count). The Hall–Kier alpha value is -1.96. The average Bonchev–Trinajstić information content (AvgIpc) is 2.31. The van der Waals surface area contributed by atoms with Gasteiger partial charge in [-0.1, -0.05) is 23.2 Å². The number of halogens is 2. The van der Waals surface area contributed by atoms with Crippen molar-refractivity contribution in [3.8, 4) is 17.6 Å². The van der Waals surface area contributed by atoms with E-state index in [2.05, 4.69) is 0 Å². The molecule has 96 valence electrons. The Morgan fingerprint density at radius 3 is 2.58 bits per heavy atom. The van der Waals surface area contributed by atoms with Crippen molar-refractivity contribution in [2.45, 2.75) is 6.92 Å². The topological polar surface area (TPSA) is 66.0 Å². The van der Waals surface area contributed by atoms with E-state index in [1.54, 1.807) is 13.0 Å². The zero-order chi connectivity index (χ0) is 14.2. The van der Waals surface area contributed by atoms with Gasteiger partial charge in [0, 0.05) is 11.1 Å². The Balaban J connectivity index is 2.84. The third-order valence-corrected chi connectivity index (χ3v) is 3.19. The molecule has 0 aliphatic heterocycles. The third-order valence-electron chi connectivity index (χ3n) is 2.65. The SMILES string of the molecule is Cc1cc(=O)n(-c2ccc(Cl)cc2Cl)c(O)c1C#N. The van der Waals surface area contributed by atoms with Crippen molar-refractivity contribution in [3.05, 3.63) is 55.8 Å². The van der Waals surface area contributed by atoms with Gasteiger partial charge >= 0.3 is 0 Å². The minimum atomic E-state index is -0.474. The second kappa shape index (κ2) is 4.96. The Labute approximate surface area is 119 Å². The molecule has 0 saturated heterocycles. The van der Waals surface area contributed by atoms with Crippen molar-refractivity contribution < 1.29 is 5.11 Å². The highest BCUT2D eigenvalue weighted by Gasteiger charge is 2.15. The molecule has 0 bridgehead atoms. The number of aromatic nitrogens is 1. The fraction of sp³-hybridized carbons (Fsp3) is 0.0769. The summed E-state index contributed by atoms with van der Waals surface area (Å²) in [7, 11) is 0. The summed E-state index contributed by atoms with van der Waals surface area (Å²) in [6, 6.07) is 7.62. The fourth-order valence-electron chi connectivity index (χ4n) is 1.75. The lowest BCUT2D eigenvalue weighted by atomic mass is 10.1. The van der Waals surface area contributed by atoms with E-state index in [1.165, 1.54) is 18.2 Å². The van der Waals surface area contributed by atoms with Gasteiger partial charge in [-0.15, -0.1) is 0 Å². The molecular formula is C13H8Cl2N2O2. The molecule has 1 N–H and O–H groups in total. The lowest BCUT2D eigenvalue weighted by Crippen LogP contribution is -2.19. The van der Waals surface area contributed by atoms with Gasteiger partial charge < -0.3 is 5.11 Å². The van der Waals surface area contributed by atoms with E-state index >= 15 is 0 Å². The van der Waals surface area contributed by atoms with Crippen LogP contribution in [-0.4, -0.2) is 9.67 Å². The van der Waals surface area contributed by atoms with Crippen LogP contribution in [0.3, 0.4) is 0 Å². The van der Waals surface area contributed by atoms with Crippen LogP contribution in [0.1, 0.15) is 11.1 Å². The lowest BCUT2D eigenvalue weighted by molar-refractivity contribution is 0.433. The number of hydrogen-bond acceptors (Lipinski definition) is 3. The van der Waals surface area contributed by atoms with Gasteiger partial charge in [0.1, 0.15) is 11.6 Å². The maximum Gasteiger partial charge on any atom is 0.258 e. The molecule has 0 aliphatic rings. The molecule has 0 fully saturated rings. The Kier molecular flexibility index (Phi) is 3.52. The van der Waals surface area contributed by atoms with Crippen LogP contribution in [-0.2, 0) is 0 Å². The molecule has 0 spiro atoms. The molecule has 0 atom stereocenters. The Bertz CT molecular complexity index is 760. The standard InChI is InChI=1S/C13H8Cl2N2O2/c1-7-4-12(18)17(13(19)9(7)6-16)11-3-2-8(14)5-10(11)15/h2-5,19H,1H3. The number of benzene rings is 1. The smallest absolute Gasteiger partial charge is 0.258 e. The van der Waals surface area contributed by atoms with Crippen LogP contribution in [0.25, 0.3) is 5.69 Å². The first-order chi connectivity index (χ1) is 8.95. The average molecular weight is 295 g/mol. The third kappa shape index (κ3) is 2.30. The predicted octanol–water partition coefficient (Wildman–Crippen LogP) is 3.03. The first-order valence-electron chi connectivity index (χ1n) is 5.27. The van der Waals surface area contributed by atoms with Crippen molar-refractivity contribution >= 4 is 23.2 Å². The van der Waals surface area contributed by atoms with E-state index in [9.17, 15) is 9.90 Å². The molecule has 1 heterocycles. The maximum atomic E-state index is 12.0. The molecule has 1 aromatic heterocycles. The summed E-state index contributed by atoms with van der Waals surface area (Å²) in [5, 5.41) is 19.7. The van der Waals surface area contributed by atoms with Gasteiger partial charge in [-0.05, 0) is 30.7 Å². The van der Waals surface area contributed by atoms with Gasteiger partial charge in [-0.25, -0.2) is 4.57 Å². The lowest BCUT2D eigenvalue weighted by Gasteiger charge is -2.12. The van der Waals surface area contributed by atoms with Crippen molar-refractivity contribution in [1.29, 1.82) is 5.26 Å². The highest BCUT2D eigenvalue weighted by Crippen LogP contribution is 2.28. The Morgan fingerprint density at radius 2 is 2.00 bits per heavy atom. The number of nitriles is 1. The number of nitrogens with zero attached hydrogens (tertiary/aromatic N) is 2. The molecule has 0 unspecified atom stereocenters. The number of rotatable bonds is 1. The molecule has 19 heavy (non-hydrogen) atoms. The van der Waals surface area contributed by atoms with Gasteiger partial charge in [0.2, 0.25) is 5.88 Å². The molecule has 0 saturated carbocycles. The normalized spacial score (nSPS) is 10.2. The summed E-state index contributed by atoms with van der Waals surface area (Å²) in [6.07, 6.45) is 0. The highest BCUT2D eigenvalue weighted by molar-refractivity contribution is 6.35.